The molecule has 7 heteroatoms. The van der Waals surface area contributed by atoms with E-state index in [1.807, 2.05) is 0 Å². The molecule has 0 bridgehead atoms. The Morgan fingerprint density at radius 1 is 1.40 bits per heavy atom. The Morgan fingerprint density at radius 3 is 2.75 bits per heavy atom. The summed E-state index contributed by atoms with van der Waals surface area (Å²) in [5, 5.41) is 16.9. The second kappa shape index (κ2) is 6.81. The Balaban J connectivity index is 1.99. The molecule has 1 aromatic rings. The van der Waals surface area contributed by atoms with Gasteiger partial charge in [0, 0.05) is 28.7 Å². The predicted molar refractivity (Wildman–Crippen MR) is 78.7 cm³/mol. The minimum Gasteiger partial charge on any atom is -0.352 e. The number of amides is 1. The molecule has 108 valence electrons. The second-order valence-electron chi connectivity index (χ2n) is 4.86. The van der Waals surface area contributed by atoms with E-state index in [1.165, 1.54) is 12.1 Å². The van der Waals surface area contributed by atoms with E-state index < -0.39 is 4.92 Å². The lowest BCUT2D eigenvalue weighted by atomic mass is 9.98. The maximum atomic E-state index is 12.0. The molecule has 0 spiro atoms. The van der Waals surface area contributed by atoms with Gasteiger partial charge >= 0.3 is 0 Å². The maximum absolute atomic E-state index is 12.0. The van der Waals surface area contributed by atoms with Crippen molar-refractivity contribution in [2.24, 2.45) is 5.92 Å². The Morgan fingerprint density at radius 2 is 2.10 bits per heavy atom. The summed E-state index contributed by atoms with van der Waals surface area (Å²) in [4.78, 5) is 22.3. The van der Waals surface area contributed by atoms with Gasteiger partial charge in [0.05, 0.1) is 4.92 Å². The van der Waals surface area contributed by atoms with Crippen LogP contribution in [-0.4, -0.2) is 30.5 Å². The molecule has 1 aliphatic rings. The van der Waals surface area contributed by atoms with Crippen LogP contribution in [-0.2, 0) is 0 Å². The van der Waals surface area contributed by atoms with Crippen molar-refractivity contribution in [2.45, 2.75) is 12.8 Å². The number of piperidine rings is 1. The van der Waals surface area contributed by atoms with Gasteiger partial charge in [-0.3, -0.25) is 14.9 Å². The molecular weight excluding hydrogens is 326 g/mol. The topological polar surface area (TPSA) is 84.3 Å². The molecule has 1 aliphatic heterocycles. The van der Waals surface area contributed by atoms with Crippen LogP contribution in [0.4, 0.5) is 5.69 Å². The summed E-state index contributed by atoms with van der Waals surface area (Å²) in [6.45, 7) is 2.56. The van der Waals surface area contributed by atoms with Gasteiger partial charge in [0.1, 0.15) is 0 Å². The predicted octanol–water partition coefficient (Wildman–Crippen LogP) is 2.09. The highest BCUT2D eigenvalue weighted by atomic mass is 79.9. The van der Waals surface area contributed by atoms with Gasteiger partial charge in [-0.2, -0.15) is 0 Å². The van der Waals surface area contributed by atoms with E-state index in [4.69, 9.17) is 0 Å². The number of hydrogen-bond donors (Lipinski definition) is 2. The first-order valence-electron chi connectivity index (χ1n) is 6.50. The van der Waals surface area contributed by atoms with Gasteiger partial charge in [-0.1, -0.05) is 15.9 Å². The number of halogens is 1. The Labute approximate surface area is 125 Å². The highest BCUT2D eigenvalue weighted by Crippen LogP contribution is 2.21. The zero-order valence-electron chi connectivity index (χ0n) is 10.9. The van der Waals surface area contributed by atoms with Gasteiger partial charge in [-0.25, -0.2) is 0 Å². The number of nitrogens with zero attached hydrogens (tertiary/aromatic N) is 1. The van der Waals surface area contributed by atoms with E-state index >= 15 is 0 Å². The third-order valence-electron chi connectivity index (χ3n) is 3.37. The summed E-state index contributed by atoms with van der Waals surface area (Å²) in [7, 11) is 0. The zero-order chi connectivity index (χ0) is 14.5. The molecule has 0 radical (unpaired) electrons. The molecule has 1 aromatic carbocycles. The molecule has 1 heterocycles. The number of carbonyl (C=O) groups excluding carboxylic acids is 1. The highest BCUT2D eigenvalue weighted by molar-refractivity contribution is 9.10. The largest absolute Gasteiger partial charge is 0.352 e. The van der Waals surface area contributed by atoms with Gasteiger partial charge < -0.3 is 10.6 Å². The molecule has 1 amide bonds. The molecule has 2 N–H and O–H groups in total. The summed E-state index contributed by atoms with van der Waals surface area (Å²) in [5.41, 5.74) is 0.214. The maximum Gasteiger partial charge on any atom is 0.271 e. The van der Waals surface area contributed by atoms with Gasteiger partial charge in [0.15, 0.2) is 0 Å². The minimum atomic E-state index is -0.506. The molecule has 20 heavy (non-hydrogen) atoms. The molecule has 0 saturated carbocycles. The fourth-order valence-electron chi connectivity index (χ4n) is 2.24. The first-order valence-corrected chi connectivity index (χ1v) is 7.29. The van der Waals surface area contributed by atoms with E-state index in [0.717, 1.165) is 25.9 Å². The molecule has 6 nitrogen and oxygen atoms in total. The van der Waals surface area contributed by atoms with Crippen LogP contribution in [0.2, 0.25) is 0 Å². The second-order valence-corrected chi connectivity index (χ2v) is 5.77. The number of nitro groups is 1. The van der Waals surface area contributed by atoms with E-state index in [1.54, 1.807) is 6.07 Å². The highest BCUT2D eigenvalue weighted by Gasteiger charge is 2.17. The molecule has 0 unspecified atom stereocenters. The molecular formula is C13H16BrN3O3. The van der Waals surface area contributed by atoms with Crippen LogP contribution in [0.25, 0.3) is 0 Å². The minimum absolute atomic E-state index is 0.0913. The van der Waals surface area contributed by atoms with Crippen molar-refractivity contribution in [1.82, 2.24) is 10.6 Å². The molecule has 1 fully saturated rings. The fourth-order valence-corrected chi connectivity index (χ4v) is 2.72. The van der Waals surface area contributed by atoms with Gasteiger partial charge in [0.25, 0.3) is 11.6 Å². The number of carbonyl (C=O) groups is 1. The first-order chi connectivity index (χ1) is 9.56. The van der Waals surface area contributed by atoms with E-state index in [0.29, 0.717) is 22.5 Å². The lowest BCUT2D eigenvalue weighted by Crippen LogP contribution is -2.35. The van der Waals surface area contributed by atoms with Crippen molar-refractivity contribution in [3.63, 3.8) is 0 Å². The number of non-ortho nitro benzene ring substituents is 1. The Hall–Kier alpha value is -1.47. The van der Waals surface area contributed by atoms with Crippen molar-refractivity contribution in [2.75, 3.05) is 19.6 Å². The van der Waals surface area contributed by atoms with Crippen molar-refractivity contribution in [3.8, 4) is 0 Å². The van der Waals surface area contributed by atoms with Crippen molar-refractivity contribution < 1.29 is 9.72 Å². The lowest BCUT2D eigenvalue weighted by Gasteiger charge is -2.22. The number of rotatable bonds is 4. The summed E-state index contributed by atoms with van der Waals surface area (Å²) >= 11 is 3.18. The van der Waals surface area contributed by atoms with Crippen LogP contribution in [0.15, 0.2) is 22.7 Å². The fraction of sp³-hybridized carbons (Fsp3) is 0.462. The van der Waals surface area contributed by atoms with Crippen molar-refractivity contribution in [1.29, 1.82) is 0 Å². The normalized spacial score (nSPS) is 15.8. The van der Waals surface area contributed by atoms with Crippen LogP contribution < -0.4 is 10.6 Å². The quantitative estimate of drug-likeness (QED) is 0.648. The Bertz CT molecular complexity index is 516. The smallest absolute Gasteiger partial charge is 0.271 e. The number of hydrogen-bond acceptors (Lipinski definition) is 4. The average Bonchev–Trinajstić information content (AvgIpc) is 2.45. The summed E-state index contributed by atoms with van der Waals surface area (Å²) in [6.07, 6.45) is 2.08. The van der Waals surface area contributed by atoms with Crippen LogP contribution >= 0.6 is 15.9 Å². The number of benzene rings is 1. The molecule has 2 rings (SSSR count). The standard InChI is InChI=1S/C13H16BrN3O3/c14-11-5-10(6-12(7-11)17(19)20)13(18)16-8-9-1-3-15-4-2-9/h5-7,9,15H,1-4,8H2,(H,16,18). The lowest BCUT2D eigenvalue weighted by molar-refractivity contribution is -0.385. The van der Waals surface area contributed by atoms with Gasteiger partial charge in [0.2, 0.25) is 0 Å². The van der Waals surface area contributed by atoms with Gasteiger partial charge in [-0.15, -0.1) is 0 Å². The van der Waals surface area contributed by atoms with E-state index in [-0.39, 0.29) is 11.6 Å². The monoisotopic (exact) mass is 341 g/mol. The zero-order valence-corrected chi connectivity index (χ0v) is 12.5. The van der Waals surface area contributed by atoms with Crippen molar-refractivity contribution in [3.05, 3.63) is 38.3 Å². The number of nitrogens with one attached hydrogen (secondary N) is 2. The SMILES string of the molecule is O=C(NCC1CCNCC1)c1cc(Br)cc([N+](=O)[O-])c1. The number of nitro benzene ring substituents is 1. The van der Waals surface area contributed by atoms with Crippen LogP contribution in [0.1, 0.15) is 23.2 Å². The summed E-state index contributed by atoms with van der Waals surface area (Å²) < 4.78 is 0.527. The molecule has 0 aromatic heterocycles. The van der Waals surface area contributed by atoms with Crippen LogP contribution in [0.3, 0.4) is 0 Å². The summed E-state index contributed by atoms with van der Waals surface area (Å²) in [5.74, 6) is 0.204. The van der Waals surface area contributed by atoms with Crippen LogP contribution in [0, 0.1) is 16.0 Å². The average molecular weight is 342 g/mol. The van der Waals surface area contributed by atoms with E-state index in [2.05, 4.69) is 26.6 Å². The third kappa shape index (κ3) is 4.01. The third-order valence-corrected chi connectivity index (χ3v) is 3.82. The Kier molecular flexibility index (Phi) is 5.08. The van der Waals surface area contributed by atoms with Gasteiger partial charge in [-0.05, 0) is 37.9 Å². The van der Waals surface area contributed by atoms with Crippen molar-refractivity contribution >= 4 is 27.5 Å². The molecule has 0 atom stereocenters. The van der Waals surface area contributed by atoms with E-state index in [9.17, 15) is 14.9 Å². The first kappa shape index (κ1) is 14.9. The molecule has 0 aliphatic carbocycles. The van der Waals surface area contributed by atoms with Crippen LogP contribution in [0.5, 0.6) is 0 Å². The molecule has 1 saturated heterocycles. The summed E-state index contributed by atoms with van der Waals surface area (Å²) in [6, 6.07) is 4.26.